The standard InChI is InChI=1S/C37H70NO5P/c1-3-5-7-9-11-13-15-17-18-20-22-24-26-28-30-32-35(41)38(44)37(33-39,36(42)43)34(40)31-29-27-25-23-21-19-16-14-12-10-8-6-4-2/h17-18,39H,3-16,19-33,44H2,1-2H3,(H,42,43)/b18-17-/t37-/m1/s1. The molecule has 1 amide bonds. The number of aliphatic carboxylic acids is 1. The summed E-state index contributed by atoms with van der Waals surface area (Å²) in [6.07, 6.45) is 35.1. The van der Waals surface area contributed by atoms with Crippen molar-refractivity contribution in [2.75, 3.05) is 6.61 Å². The molecule has 0 fully saturated rings. The highest BCUT2D eigenvalue weighted by Crippen LogP contribution is 2.26. The Morgan fingerprint density at radius 2 is 0.909 bits per heavy atom. The first kappa shape index (κ1) is 42.7. The minimum Gasteiger partial charge on any atom is -0.479 e. The fourth-order valence-corrected chi connectivity index (χ4v) is 6.24. The number of allylic oxidation sites excluding steroid dienone is 2. The summed E-state index contributed by atoms with van der Waals surface area (Å²) in [5.41, 5.74) is -2.22. The molecule has 0 aromatic heterocycles. The van der Waals surface area contributed by atoms with Crippen LogP contribution in [0.25, 0.3) is 0 Å². The number of carbonyl (C=O) groups is 3. The van der Waals surface area contributed by atoms with Crippen LogP contribution in [0.2, 0.25) is 0 Å². The average Bonchev–Trinajstić information content (AvgIpc) is 3.01. The summed E-state index contributed by atoms with van der Waals surface area (Å²) in [6.45, 7) is 3.57. The van der Waals surface area contributed by atoms with Gasteiger partial charge in [0.25, 0.3) is 0 Å². The number of carboxylic acid groups (broad SMARTS) is 1. The summed E-state index contributed by atoms with van der Waals surface area (Å²) >= 11 is 0. The molecule has 6 nitrogen and oxygen atoms in total. The maximum atomic E-state index is 13.0. The quantitative estimate of drug-likeness (QED) is 0.0322. The van der Waals surface area contributed by atoms with E-state index < -0.39 is 29.8 Å². The van der Waals surface area contributed by atoms with E-state index in [1.165, 1.54) is 103 Å². The molecule has 0 saturated heterocycles. The molecule has 0 aliphatic carbocycles. The topological polar surface area (TPSA) is 94.9 Å². The van der Waals surface area contributed by atoms with E-state index in [4.69, 9.17) is 0 Å². The van der Waals surface area contributed by atoms with E-state index >= 15 is 0 Å². The molecule has 0 bridgehead atoms. The van der Waals surface area contributed by atoms with Gasteiger partial charge < -0.3 is 14.9 Å². The van der Waals surface area contributed by atoms with E-state index in [0.717, 1.165) is 56.0 Å². The number of Topliss-reactive ketones (excluding diaryl/α,β-unsaturated/α-hetero) is 1. The Bertz CT molecular complexity index is 743. The lowest BCUT2D eigenvalue weighted by atomic mass is 9.90. The number of aliphatic hydroxyl groups is 1. The predicted molar refractivity (Wildman–Crippen MR) is 189 cm³/mol. The van der Waals surface area contributed by atoms with E-state index in [2.05, 4.69) is 35.4 Å². The second-order valence-electron chi connectivity index (χ2n) is 12.8. The number of hydrogen-bond donors (Lipinski definition) is 2. The number of nitrogens with zero attached hydrogens (tertiary/aromatic N) is 1. The van der Waals surface area contributed by atoms with Gasteiger partial charge in [0.2, 0.25) is 11.4 Å². The van der Waals surface area contributed by atoms with Gasteiger partial charge in [-0.05, 0) is 47.9 Å². The van der Waals surface area contributed by atoms with Crippen LogP contribution in [-0.2, 0) is 14.4 Å². The van der Waals surface area contributed by atoms with Gasteiger partial charge in [-0.1, -0.05) is 154 Å². The second kappa shape index (κ2) is 30.4. The molecule has 0 heterocycles. The molecular weight excluding hydrogens is 569 g/mol. The SMILES string of the molecule is CCCCCCCC/C=C\CCCCCCCC(=O)N(P)[C@@](CO)(C(=O)O)C(=O)CCCCCCCCCCCCCCC. The van der Waals surface area contributed by atoms with Gasteiger partial charge in [-0.2, -0.15) is 0 Å². The van der Waals surface area contributed by atoms with Gasteiger partial charge >= 0.3 is 5.97 Å². The molecule has 0 radical (unpaired) electrons. The molecule has 0 spiro atoms. The first-order valence-electron chi connectivity index (χ1n) is 18.5. The average molecular weight is 640 g/mol. The Morgan fingerprint density at radius 1 is 0.568 bits per heavy atom. The molecule has 0 saturated carbocycles. The van der Waals surface area contributed by atoms with Crippen molar-refractivity contribution in [3.63, 3.8) is 0 Å². The molecule has 1 unspecified atom stereocenters. The predicted octanol–water partition coefficient (Wildman–Crippen LogP) is 10.5. The molecule has 7 heteroatoms. The van der Waals surface area contributed by atoms with E-state index in [1.54, 1.807) is 0 Å². The highest BCUT2D eigenvalue weighted by molar-refractivity contribution is 7.15. The first-order valence-corrected chi connectivity index (χ1v) is 19.0. The second-order valence-corrected chi connectivity index (χ2v) is 13.4. The van der Waals surface area contributed by atoms with Crippen LogP contribution in [0, 0.1) is 0 Å². The van der Waals surface area contributed by atoms with E-state index in [0.29, 0.717) is 12.8 Å². The van der Waals surface area contributed by atoms with Gasteiger partial charge in [-0.15, -0.1) is 0 Å². The fourth-order valence-electron chi connectivity index (χ4n) is 5.78. The number of aliphatic hydroxyl groups excluding tert-OH is 1. The summed E-state index contributed by atoms with van der Waals surface area (Å²) in [5, 5.41) is 20.0. The van der Waals surface area contributed by atoms with Crippen molar-refractivity contribution < 1.29 is 24.6 Å². The fraction of sp³-hybridized carbons (Fsp3) is 0.865. The third-order valence-corrected chi connectivity index (χ3v) is 9.61. The number of ketones is 1. The zero-order chi connectivity index (χ0) is 32.7. The van der Waals surface area contributed by atoms with Crippen molar-refractivity contribution in [2.24, 2.45) is 0 Å². The molecule has 258 valence electrons. The largest absolute Gasteiger partial charge is 0.479 e. The summed E-state index contributed by atoms with van der Waals surface area (Å²) < 4.78 is 0.911. The van der Waals surface area contributed by atoms with Gasteiger partial charge in [0.15, 0.2) is 5.78 Å². The highest BCUT2D eigenvalue weighted by atomic mass is 31.0. The lowest BCUT2D eigenvalue weighted by Crippen LogP contribution is -2.60. The van der Waals surface area contributed by atoms with Crippen LogP contribution in [0.1, 0.15) is 194 Å². The monoisotopic (exact) mass is 639 g/mol. The Hall–Kier alpha value is -1.26. The summed E-state index contributed by atoms with van der Waals surface area (Å²) in [5.74, 6) is -2.49. The Labute approximate surface area is 273 Å². The smallest absolute Gasteiger partial charge is 0.340 e. The maximum absolute atomic E-state index is 13.0. The van der Waals surface area contributed by atoms with Crippen LogP contribution < -0.4 is 0 Å². The third kappa shape index (κ3) is 20.7. The number of carbonyl (C=O) groups excluding carboxylic acids is 2. The number of hydrogen-bond acceptors (Lipinski definition) is 4. The number of amides is 1. The van der Waals surface area contributed by atoms with Gasteiger partial charge in [-0.25, -0.2) is 4.79 Å². The van der Waals surface area contributed by atoms with E-state index in [1.807, 2.05) is 0 Å². The molecule has 0 aromatic rings. The molecule has 0 aromatic carbocycles. The minimum atomic E-state index is -2.22. The van der Waals surface area contributed by atoms with E-state index in [9.17, 15) is 24.6 Å². The highest BCUT2D eigenvalue weighted by Gasteiger charge is 2.50. The lowest BCUT2D eigenvalue weighted by molar-refractivity contribution is -0.161. The zero-order valence-electron chi connectivity index (χ0n) is 28.8. The first-order chi connectivity index (χ1) is 21.4. The van der Waals surface area contributed by atoms with Crippen LogP contribution in [0.3, 0.4) is 0 Å². The van der Waals surface area contributed by atoms with Gasteiger partial charge in [-0.3, -0.25) is 9.59 Å². The molecule has 44 heavy (non-hydrogen) atoms. The van der Waals surface area contributed by atoms with Crippen molar-refractivity contribution in [2.45, 2.75) is 199 Å². The zero-order valence-corrected chi connectivity index (χ0v) is 30.0. The molecule has 2 N–H and O–H groups in total. The van der Waals surface area contributed by atoms with Crippen LogP contribution in [-0.4, -0.2) is 44.7 Å². The van der Waals surface area contributed by atoms with Crippen molar-refractivity contribution in [3.05, 3.63) is 12.2 Å². The van der Waals surface area contributed by atoms with Crippen LogP contribution in [0.5, 0.6) is 0 Å². The van der Waals surface area contributed by atoms with Crippen LogP contribution in [0.4, 0.5) is 0 Å². The van der Waals surface area contributed by atoms with Crippen molar-refractivity contribution in [1.29, 1.82) is 0 Å². The number of unbranched alkanes of at least 4 members (excludes halogenated alkanes) is 23. The molecule has 0 rings (SSSR count). The Kier molecular flexibility index (Phi) is 29.5. The number of rotatable bonds is 33. The van der Waals surface area contributed by atoms with Gasteiger partial charge in [0.1, 0.15) is 0 Å². The minimum absolute atomic E-state index is 0.0518. The summed E-state index contributed by atoms with van der Waals surface area (Å²) in [4.78, 5) is 38.1. The lowest BCUT2D eigenvalue weighted by Gasteiger charge is -2.35. The van der Waals surface area contributed by atoms with Crippen LogP contribution >= 0.6 is 9.39 Å². The summed E-state index contributed by atoms with van der Waals surface area (Å²) in [6, 6.07) is 0. The maximum Gasteiger partial charge on any atom is 0.340 e. The molecule has 2 atom stereocenters. The third-order valence-electron chi connectivity index (χ3n) is 8.88. The van der Waals surface area contributed by atoms with Gasteiger partial charge in [0, 0.05) is 12.8 Å². The molecular formula is C37H70NO5P. The summed E-state index contributed by atoms with van der Waals surface area (Å²) in [7, 11) is 2.12. The molecule has 0 aliphatic heterocycles. The molecule has 0 aliphatic rings. The Morgan fingerprint density at radius 3 is 1.27 bits per heavy atom. The number of carboxylic acids is 1. The van der Waals surface area contributed by atoms with Crippen molar-refractivity contribution in [3.8, 4) is 0 Å². The van der Waals surface area contributed by atoms with E-state index in [-0.39, 0.29) is 12.8 Å². The van der Waals surface area contributed by atoms with Crippen LogP contribution in [0.15, 0.2) is 12.2 Å². The van der Waals surface area contributed by atoms with Gasteiger partial charge in [0.05, 0.1) is 6.61 Å². The normalized spacial score (nSPS) is 12.9. The van der Waals surface area contributed by atoms with Crippen molar-refractivity contribution >= 4 is 27.1 Å². The Balaban J connectivity index is 4.15. The van der Waals surface area contributed by atoms with Crippen molar-refractivity contribution in [1.82, 2.24) is 4.67 Å².